The van der Waals surface area contributed by atoms with Gasteiger partial charge in [-0.25, -0.2) is 0 Å². The van der Waals surface area contributed by atoms with E-state index in [1.165, 1.54) is 16.5 Å². The largest absolute Gasteiger partial charge is 0.454 e. The van der Waals surface area contributed by atoms with E-state index in [9.17, 15) is 0 Å². The molecule has 0 spiro atoms. The summed E-state index contributed by atoms with van der Waals surface area (Å²) in [6.45, 7) is 13.4. The van der Waals surface area contributed by atoms with Gasteiger partial charge in [0.2, 0.25) is 0 Å². The Morgan fingerprint density at radius 3 is 1.79 bits per heavy atom. The minimum absolute atomic E-state index is 0.0276. The minimum atomic E-state index is 0.0276. The van der Waals surface area contributed by atoms with E-state index in [1.54, 1.807) is 0 Å². The summed E-state index contributed by atoms with van der Waals surface area (Å²) in [6, 6.07) is 21.3. The number of hydrogen-bond donors (Lipinski definition) is 1. The molecule has 1 heterocycles. The molecule has 0 saturated heterocycles. The highest BCUT2D eigenvalue weighted by Gasteiger charge is 2.22. The summed E-state index contributed by atoms with van der Waals surface area (Å²) in [4.78, 5) is 0. The molecule has 2 nitrogen and oxygen atoms in total. The fraction of sp³-hybridized carbons (Fsp3) is 0.308. The van der Waals surface area contributed by atoms with Crippen LogP contribution in [0.4, 0.5) is 11.4 Å². The summed E-state index contributed by atoms with van der Waals surface area (Å²) in [7, 11) is 0. The van der Waals surface area contributed by atoms with Gasteiger partial charge in [0.1, 0.15) is 5.58 Å². The predicted molar refractivity (Wildman–Crippen MR) is 121 cm³/mol. The van der Waals surface area contributed by atoms with Gasteiger partial charge in [-0.1, -0.05) is 90.1 Å². The molecule has 0 atom stereocenters. The summed E-state index contributed by atoms with van der Waals surface area (Å²) in [6.07, 6.45) is 0. The maximum absolute atomic E-state index is 6.48. The van der Waals surface area contributed by atoms with Crippen molar-refractivity contribution in [2.45, 2.75) is 52.4 Å². The highest BCUT2D eigenvalue weighted by molar-refractivity contribution is 6.10. The van der Waals surface area contributed by atoms with Crippen molar-refractivity contribution in [2.75, 3.05) is 5.32 Å². The number of para-hydroxylation sites is 3. The normalized spacial score (nSPS) is 12.6. The summed E-state index contributed by atoms with van der Waals surface area (Å²) in [5, 5.41) is 5.98. The highest BCUT2D eigenvalue weighted by atomic mass is 16.3. The van der Waals surface area contributed by atoms with Crippen molar-refractivity contribution >= 4 is 33.3 Å². The number of hydrogen-bond acceptors (Lipinski definition) is 2. The standard InChI is InChI=1S/C26H29NO/c1-25(2,3)19-13-7-8-15-21(19)27-22-16-10-12-18-17-11-9-14-20(26(4,5)6)23(17)28-24(18)22/h7-16,27H,1-6H3. The molecule has 0 amide bonds. The first-order valence-electron chi connectivity index (χ1n) is 9.97. The molecule has 0 fully saturated rings. The molecular weight excluding hydrogens is 342 g/mol. The SMILES string of the molecule is CC(C)(C)c1ccccc1Nc1cccc2c1oc1c(C(C)(C)C)cccc12. The molecule has 4 rings (SSSR count). The Balaban J connectivity index is 1.91. The zero-order valence-corrected chi connectivity index (χ0v) is 17.7. The topological polar surface area (TPSA) is 25.2 Å². The predicted octanol–water partition coefficient (Wildman–Crippen LogP) is 7.92. The number of anilines is 2. The summed E-state index contributed by atoms with van der Waals surface area (Å²) < 4.78 is 6.48. The molecule has 0 aliphatic rings. The number of benzene rings is 3. The van der Waals surface area contributed by atoms with E-state index >= 15 is 0 Å². The van der Waals surface area contributed by atoms with Crippen molar-refractivity contribution < 1.29 is 4.42 Å². The summed E-state index contributed by atoms with van der Waals surface area (Å²) in [5.74, 6) is 0. The van der Waals surface area contributed by atoms with E-state index in [-0.39, 0.29) is 10.8 Å². The lowest BCUT2D eigenvalue weighted by Crippen LogP contribution is -2.13. The van der Waals surface area contributed by atoms with Crippen LogP contribution in [0.2, 0.25) is 0 Å². The van der Waals surface area contributed by atoms with E-state index in [4.69, 9.17) is 4.42 Å². The molecule has 3 aromatic carbocycles. The van der Waals surface area contributed by atoms with Crippen molar-refractivity contribution in [3.8, 4) is 0 Å². The molecule has 2 heteroatoms. The van der Waals surface area contributed by atoms with Crippen LogP contribution in [0.25, 0.3) is 21.9 Å². The van der Waals surface area contributed by atoms with Crippen molar-refractivity contribution in [3.05, 3.63) is 71.8 Å². The Labute approximate surface area is 167 Å². The molecule has 0 saturated carbocycles. The Bertz CT molecular complexity index is 1150. The molecular formula is C26H29NO. The lowest BCUT2D eigenvalue weighted by atomic mass is 9.85. The number of fused-ring (bicyclic) bond motifs is 3. The Morgan fingerprint density at radius 2 is 1.11 bits per heavy atom. The van der Waals surface area contributed by atoms with Crippen LogP contribution in [-0.4, -0.2) is 0 Å². The average Bonchev–Trinajstić information content (AvgIpc) is 3.00. The smallest absolute Gasteiger partial charge is 0.158 e. The average molecular weight is 372 g/mol. The van der Waals surface area contributed by atoms with Gasteiger partial charge < -0.3 is 9.73 Å². The van der Waals surface area contributed by atoms with Gasteiger partial charge in [0, 0.05) is 22.0 Å². The molecule has 0 bridgehead atoms. The molecule has 4 aromatic rings. The van der Waals surface area contributed by atoms with Crippen LogP contribution < -0.4 is 5.32 Å². The second-order valence-corrected chi connectivity index (χ2v) is 9.64. The maximum Gasteiger partial charge on any atom is 0.158 e. The summed E-state index contributed by atoms with van der Waals surface area (Å²) >= 11 is 0. The third-order valence-electron chi connectivity index (χ3n) is 5.34. The first-order chi connectivity index (χ1) is 13.2. The fourth-order valence-corrected chi connectivity index (χ4v) is 3.90. The van der Waals surface area contributed by atoms with E-state index in [1.807, 2.05) is 0 Å². The van der Waals surface area contributed by atoms with Gasteiger partial charge in [0.15, 0.2) is 5.58 Å². The quantitative estimate of drug-likeness (QED) is 0.387. The molecule has 0 unspecified atom stereocenters. The maximum atomic E-state index is 6.48. The Kier molecular flexibility index (Phi) is 4.26. The van der Waals surface area contributed by atoms with Crippen molar-refractivity contribution in [1.82, 2.24) is 0 Å². The lowest BCUT2D eigenvalue weighted by Gasteiger charge is -2.23. The monoisotopic (exact) mass is 371 g/mol. The number of furan rings is 1. The first-order valence-corrected chi connectivity index (χ1v) is 9.97. The molecule has 1 N–H and O–H groups in total. The highest BCUT2D eigenvalue weighted by Crippen LogP contribution is 2.40. The fourth-order valence-electron chi connectivity index (χ4n) is 3.90. The van der Waals surface area contributed by atoms with Gasteiger partial charge in [-0.15, -0.1) is 0 Å². The third kappa shape index (κ3) is 3.17. The van der Waals surface area contributed by atoms with Crippen LogP contribution in [0.1, 0.15) is 52.7 Å². The van der Waals surface area contributed by atoms with Crippen LogP contribution in [0, 0.1) is 0 Å². The Hall–Kier alpha value is -2.74. The van der Waals surface area contributed by atoms with Gasteiger partial charge in [0.05, 0.1) is 5.69 Å². The van der Waals surface area contributed by atoms with E-state index in [2.05, 4.69) is 108 Å². The van der Waals surface area contributed by atoms with Crippen LogP contribution in [-0.2, 0) is 10.8 Å². The zero-order valence-electron chi connectivity index (χ0n) is 17.7. The lowest BCUT2D eigenvalue weighted by molar-refractivity contribution is 0.573. The van der Waals surface area contributed by atoms with Gasteiger partial charge in [-0.05, 0) is 28.5 Å². The summed E-state index contributed by atoms with van der Waals surface area (Å²) in [5.41, 5.74) is 6.65. The number of rotatable bonds is 2. The third-order valence-corrected chi connectivity index (χ3v) is 5.34. The van der Waals surface area contributed by atoms with Gasteiger partial charge in [-0.3, -0.25) is 0 Å². The van der Waals surface area contributed by atoms with Crippen molar-refractivity contribution in [2.24, 2.45) is 0 Å². The second kappa shape index (κ2) is 6.41. The molecule has 28 heavy (non-hydrogen) atoms. The van der Waals surface area contributed by atoms with E-state index < -0.39 is 0 Å². The van der Waals surface area contributed by atoms with E-state index in [0.29, 0.717) is 0 Å². The molecule has 0 aliphatic heterocycles. The van der Waals surface area contributed by atoms with E-state index in [0.717, 1.165) is 27.9 Å². The molecule has 0 aliphatic carbocycles. The van der Waals surface area contributed by atoms with Crippen LogP contribution in [0.3, 0.4) is 0 Å². The molecule has 1 aromatic heterocycles. The van der Waals surface area contributed by atoms with Crippen molar-refractivity contribution in [1.29, 1.82) is 0 Å². The van der Waals surface area contributed by atoms with Gasteiger partial charge >= 0.3 is 0 Å². The van der Waals surface area contributed by atoms with Crippen LogP contribution in [0.15, 0.2) is 65.1 Å². The van der Waals surface area contributed by atoms with Gasteiger partial charge in [0.25, 0.3) is 0 Å². The molecule has 144 valence electrons. The van der Waals surface area contributed by atoms with Crippen LogP contribution >= 0.6 is 0 Å². The zero-order chi connectivity index (χ0) is 20.1. The second-order valence-electron chi connectivity index (χ2n) is 9.64. The Morgan fingerprint density at radius 1 is 0.571 bits per heavy atom. The van der Waals surface area contributed by atoms with Crippen molar-refractivity contribution in [3.63, 3.8) is 0 Å². The molecule has 0 radical (unpaired) electrons. The minimum Gasteiger partial charge on any atom is -0.454 e. The van der Waals surface area contributed by atoms with Crippen LogP contribution in [0.5, 0.6) is 0 Å². The first kappa shape index (κ1) is 18.6. The number of nitrogens with one attached hydrogen (secondary N) is 1. The van der Waals surface area contributed by atoms with Gasteiger partial charge in [-0.2, -0.15) is 0 Å².